The predicted octanol–water partition coefficient (Wildman–Crippen LogP) is 5.51. The Morgan fingerprint density at radius 2 is 1.93 bits per heavy atom. The number of amides is 1. The second kappa shape index (κ2) is 10.7. The van der Waals surface area contributed by atoms with Crippen LogP contribution in [-0.4, -0.2) is 27.4 Å². The van der Waals surface area contributed by atoms with E-state index < -0.39 is 5.91 Å². The maximum absolute atomic E-state index is 12.1. The number of aromatic amines is 1. The van der Waals surface area contributed by atoms with Crippen molar-refractivity contribution in [3.8, 4) is 5.75 Å². The number of nitrogens with one attached hydrogen (secondary N) is 2. The van der Waals surface area contributed by atoms with Crippen molar-refractivity contribution >= 4 is 97.2 Å². The first-order valence-corrected chi connectivity index (χ1v) is 13.3. The van der Waals surface area contributed by atoms with Crippen LogP contribution in [0.25, 0.3) is 0 Å². The van der Waals surface area contributed by atoms with Crippen LogP contribution in [0.1, 0.15) is 32.6 Å². The first-order chi connectivity index (χ1) is 14.5. The van der Waals surface area contributed by atoms with E-state index in [2.05, 4.69) is 88.3 Å². The fourth-order valence-corrected chi connectivity index (χ4v) is 4.39. The number of alkyl halides is 3. The Kier molecular flexibility index (Phi) is 8.33. The van der Waals surface area contributed by atoms with Crippen molar-refractivity contribution in [3.05, 3.63) is 64.2 Å². The second-order valence-electron chi connectivity index (χ2n) is 6.33. The van der Waals surface area contributed by atoms with Gasteiger partial charge in [0.25, 0.3) is 5.91 Å². The van der Waals surface area contributed by atoms with Crippen molar-refractivity contribution in [1.29, 1.82) is 0 Å². The number of benzene rings is 2. The van der Waals surface area contributed by atoms with Gasteiger partial charge in [0, 0.05) is 30.7 Å². The maximum Gasteiger partial charge on any atom is 0.256 e. The SMILES string of the molecule is NC(=O)c1c(Nc2cccc(CI)c2)n[nH]c1/N=C/c1c(O)cc(CI)cc1CI. The number of aromatic nitrogens is 2. The van der Waals surface area contributed by atoms with Crippen molar-refractivity contribution in [3.63, 3.8) is 0 Å². The topological polar surface area (TPSA) is 116 Å². The van der Waals surface area contributed by atoms with E-state index in [1.807, 2.05) is 30.3 Å². The van der Waals surface area contributed by atoms with Gasteiger partial charge in [-0.25, -0.2) is 4.99 Å². The molecule has 156 valence electrons. The molecule has 7 nitrogen and oxygen atoms in total. The summed E-state index contributed by atoms with van der Waals surface area (Å²) in [7, 11) is 0. The highest BCUT2D eigenvalue weighted by Gasteiger charge is 2.18. The second-order valence-corrected chi connectivity index (χ2v) is 8.62. The van der Waals surface area contributed by atoms with Gasteiger partial charge in [-0.1, -0.05) is 86.0 Å². The van der Waals surface area contributed by atoms with Gasteiger partial charge in [0.2, 0.25) is 0 Å². The molecule has 0 unspecified atom stereocenters. The lowest BCUT2D eigenvalue weighted by Gasteiger charge is -2.08. The summed E-state index contributed by atoms with van der Waals surface area (Å²) in [6, 6.07) is 11.6. The third-order valence-corrected chi connectivity index (χ3v) is 6.85. The summed E-state index contributed by atoms with van der Waals surface area (Å²) in [5.74, 6) is 0.0291. The van der Waals surface area contributed by atoms with Crippen molar-refractivity contribution in [2.24, 2.45) is 10.7 Å². The molecule has 1 aromatic heterocycles. The summed E-state index contributed by atoms with van der Waals surface area (Å²) >= 11 is 6.78. The number of rotatable bonds is 8. The normalized spacial score (nSPS) is 11.2. The molecule has 0 saturated heterocycles. The summed E-state index contributed by atoms with van der Waals surface area (Å²) in [4.78, 5) is 16.5. The molecule has 2 aromatic carbocycles. The predicted molar refractivity (Wildman–Crippen MR) is 145 cm³/mol. The van der Waals surface area contributed by atoms with Gasteiger partial charge in [0.05, 0.1) is 0 Å². The molecule has 0 aliphatic rings. The van der Waals surface area contributed by atoms with Crippen LogP contribution in [0.15, 0.2) is 41.4 Å². The molecule has 30 heavy (non-hydrogen) atoms. The molecule has 0 aliphatic carbocycles. The number of anilines is 2. The number of halogens is 3. The standard InChI is InChI=1S/C20H18I3N5O2/c21-7-11-2-1-3-14(5-11)26-20-17(18(24)30)19(27-28-20)25-10-15-13(9-23)4-12(8-22)6-16(15)29/h1-6,10,29H,7-9H2,(H2,24,30)(H2,26,27,28)/b25-10+. The third kappa shape index (κ3) is 5.43. The van der Waals surface area contributed by atoms with Crippen LogP contribution in [0.4, 0.5) is 17.3 Å². The van der Waals surface area contributed by atoms with Crippen LogP contribution in [0.3, 0.4) is 0 Å². The Morgan fingerprint density at radius 1 is 1.17 bits per heavy atom. The number of hydrogen-bond acceptors (Lipinski definition) is 5. The van der Waals surface area contributed by atoms with Gasteiger partial charge in [0.15, 0.2) is 11.6 Å². The third-order valence-electron chi connectivity index (χ3n) is 4.26. The monoisotopic (exact) mass is 741 g/mol. The van der Waals surface area contributed by atoms with Crippen LogP contribution in [0.5, 0.6) is 5.75 Å². The average molecular weight is 741 g/mol. The van der Waals surface area contributed by atoms with E-state index in [-0.39, 0.29) is 17.1 Å². The molecule has 3 aromatic rings. The Labute approximate surface area is 214 Å². The van der Waals surface area contributed by atoms with Crippen molar-refractivity contribution < 1.29 is 9.90 Å². The Hall–Kier alpha value is -1.42. The van der Waals surface area contributed by atoms with Crippen molar-refractivity contribution in [2.75, 3.05) is 5.32 Å². The van der Waals surface area contributed by atoms with Crippen molar-refractivity contribution in [2.45, 2.75) is 13.3 Å². The number of nitrogens with two attached hydrogens (primary N) is 1. The minimum atomic E-state index is -0.651. The fraction of sp³-hybridized carbons (Fsp3) is 0.150. The van der Waals surface area contributed by atoms with Gasteiger partial charge < -0.3 is 16.2 Å². The molecule has 1 amide bonds. The van der Waals surface area contributed by atoms with Crippen LogP contribution < -0.4 is 11.1 Å². The minimum Gasteiger partial charge on any atom is -0.507 e. The molecule has 0 radical (unpaired) electrons. The lowest BCUT2D eigenvalue weighted by molar-refractivity contribution is 0.100. The van der Waals surface area contributed by atoms with Crippen LogP contribution in [-0.2, 0) is 13.3 Å². The number of carbonyl (C=O) groups is 1. The molecule has 0 bridgehead atoms. The highest BCUT2D eigenvalue weighted by atomic mass is 127. The largest absolute Gasteiger partial charge is 0.507 e. The molecule has 0 saturated carbocycles. The Balaban J connectivity index is 1.95. The number of primary amides is 1. The van der Waals surface area contributed by atoms with E-state index in [0.29, 0.717) is 15.8 Å². The Bertz CT molecular complexity index is 1100. The zero-order valence-electron chi connectivity index (χ0n) is 15.6. The highest BCUT2D eigenvalue weighted by Crippen LogP contribution is 2.29. The van der Waals surface area contributed by atoms with E-state index in [1.54, 1.807) is 6.07 Å². The van der Waals surface area contributed by atoms with Crippen LogP contribution >= 0.6 is 67.8 Å². The summed E-state index contributed by atoms with van der Waals surface area (Å²) in [6.45, 7) is 0. The summed E-state index contributed by atoms with van der Waals surface area (Å²) in [5.41, 5.74) is 10.3. The Morgan fingerprint density at radius 3 is 2.60 bits per heavy atom. The molecule has 1 heterocycles. The van der Waals surface area contributed by atoms with E-state index in [4.69, 9.17) is 5.73 Å². The average Bonchev–Trinajstić information content (AvgIpc) is 3.14. The molecule has 3 rings (SSSR count). The number of hydrogen-bond donors (Lipinski definition) is 4. The molecular formula is C20H18I3N5O2. The molecule has 5 N–H and O–H groups in total. The molecule has 0 fully saturated rings. The number of phenols is 1. The summed E-state index contributed by atoms with van der Waals surface area (Å²) < 4.78 is 2.38. The smallest absolute Gasteiger partial charge is 0.256 e. The maximum atomic E-state index is 12.1. The number of phenolic OH excluding ortho intramolecular Hbond substituents is 1. The van der Waals surface area contributed by atoms with Crippen LogP contribution in [0, 0.1) is 0 Å². The van der Waals surface area contributed by atoms with E-state index in [1.165, 1.54) is 6.21 Å². The molecular weight excluding hydrogens is 723 g/mol. The van der Waals surface area contributed by atoms with Gasteiger partial charge in [0.1, 0.15) is 11.3 Å². The van der Waals surface area contributed by atoms with E-state index >= 15 is 0 Å². The van der Waals surface area contributed by atoms with Crippen molar-refractivity contribution in [1.82, 2.24) is 10.2 Å². The van der Waals surface area contributed by atoms with Gasteiger partial charge >= 0.3 is 0 Å². The molecule has 0 aliphatic heterocycles. The lowest BCUT2D eigenvalue weighted by atomic mass is 10.1. The van der Waals surface area contributed by atoms with E-state index in [0.717, 1.165) is 31.2 Å². The first kappa shape index (κ1) is 23.2. The first-order valence-electron chi connectivity index (χ1n) is 8.77. The molecule has 0 spiro atoms. The highest BCUT2D eigenvalue weighted by molar-refractivity contribution is 14.1. The van der Waals surface area contributed by atoms with Crippen LogP contribution in [0.2, 0.25) is 0 Å². The number of carbonyl (C=O) groups excluding carboxylic acids is 1. The zero-order valence-corrected chi connectivity index (χ0v) is 22.1. The fourth-order valence-electron chi connectivity index (χ4n) is 2.85. The number of aliphatic imine (C=N–C) groups is 1. The van der Waals surface area contributed by atoms with Gasteiger partial charge in [-0.15, -0.1) is 0 Å². The number of aromatic hydroxyl groups is 1. The zero-order chi connectivity index (χ0) is 21.7. The number of nitrogens with zero attached hydrogens (tertiary/aromatic N) is 2. The lowest BCUT2D eigenvalue weighted by Crippen LogP contribution is -2.12. The number of H-pyrrole nitrogens is 1. The summed E-state index contributed by atoms with van der Waals surface area (Å²) in [6.07, 6.45) is 1.53. The van der Waals surface area contributed by atoms with Gasteiger partial charge in [-0.05, 0) is 34.9 Å². The van der Waals surface area contributed by atoms with Gasteiger partial charge in [-0.3, -0.25) is 9.89 Å². The minimum absolute atomic E-state index is 0.147. The quantitative estimate of drug-likeness (QED) is 0.139. The molecule has 0 atom stereocenters. The molecule has 10 heteroatoms. The van der Waals surface area contributed by atoms with E-state index in [9.17, 15) is 9.90 Å². The summed E-state index contributed by atoms with van der Waals surface area (Å²) in [5, 5.41) is 20.5. The van der Waals surface area contributed by atoms with Gasteiger partial charge in [-0.2, -0.15) is 5.10 Å².